The lowest BCUT2D eigenvalue weighted by molar-refractivity contribution is -0.128. The first kappa shape index (κ1) is 28.9. The fourth-order valence-electron chi connectivity index (χ4n) is 4.18. The normalized spacial score (nSPS) is 13.3. The molecule has 40 heavy (non-hydrogen) atoms. The van der Waals surface area contributed by atoms with Crippen LogP contribution in [0.3, 0.4) is 0 Å². The number of nitrogens with one attached hydrogen (secondary N) is 2. The van der Waals surface area contributed by atoms with Crippen molar-refractivity contribution in [1.29, 1.82) is 0 Å². The van der Waals surface area contributed by atoms with Crippen molar-refractivity contribution < 1.29 is 28.4 Å². The van der Waals surface area contributed by atoms with Crippen molar-refractivity contribution in [2.24, 2.45) is 0 Å². The van der Waals surface area contributed by atoms with Crippen LogP contribution in [-0.2, 0) is 14.4 Å². The van der Waals surface area contributed by atoms with Crippen molar-refractivity contribution in [2.75, 3.05) is 23.4 Å². The molecule has 0 radical (unpaired) electrons. The van der Waals surface area contributed by atoms with Gasteiger partial charge in [0.2, 0.25) is 17.7 Å². The van der Waals surface area contributed by atoms with Gasteiger partial charge < -0.3 is 24.6 Å². The zero-order chi connectivity index (χ0) is 28.9. The second-order valence-corrected chi connectivity index (χ2v) is 10.5. The van der Waals surface area contributed by atoms with E-state index in [2.05, 4.69) is 15.8 Å². The molecule has 0 saturated carbocycles. The third-order valence-electron chi connectivity index (χ3n) is 6.59. The summed E-state index contributed by atoms with van der Waals surface area (Å²) in [4.78, 5) is 41.9. The van der Waals surface area contributed by atoms with Gasteiger partial charge in [0, 0.05) is 46.8 Å². The van der Waals surface area contributed by atoms with Crippen LogP contribution in [0.25, 0.3) is 0 Å². The van der Waals surface area contributed by atoms with Crippen LogP contribution >= 0.6 is 11.6 Å². The first-order valence-corrected chi connectivity index (χ1v) is 13.5. The topological polar surface area (TPSA) is 123 Å². The number of hydrogen-bond donors (Lipinski definition) is 2. The molecule has 3 aromatic rings. The molecular weight excluding hydrogens is 536 g/mol. The second kappa shape index (κ2) is 12.4. The van der Waals surface area contributed by atoms with Crippen LogP contribution in [0.4, 0.5) is 11.5 Å². The van der Waals surface area contributed by atoms with Gasteiger partial charge in [-0.1, -0.05) is 41.9 Å². The molecule has 0 bridgehead atoms. The highest BCUT2D eigenvalue weighted by Crippen LogP contribution is 2.39. The summed E-state index contributed by atoms with van der Waals surface area (Å²) in [6.45, 7) is 8.24. The van der Waals surface area contributed by atoms with Crippen molar-refractivity contribution in [3.63, 3.8) is 0 Å². The minimum absolute atomic E-state index is 0.150. The molecule has 0 saturated heterocycles. The predicted molar refractivity (Wildman–Crippen MR) is 151 cm³/mol. The summed E-state index contributed by atoms with van der Waals surface area (Å²) >= 11 is 6.60. The fourth-order valence-corrected chi connectivity index (χ4v) is 4.41. The van der Waals surface area contributed by atoms with E-state index in [0.29, 0.717) is 53.2 Å². The van der Waals surface area contributed by atoms with E-state index < -0.39 is 29.3 Å². The molecule has 2 N–H and O–H groups in total. The molecule has 10 nitrogen and oxygen atoms in total. The summed E-state index contributed by atoms with van der Waals surface area (Å²) in [5, 5.41) is 9.75. The number of aromatic nitrogens is 1. The quantitative estimate of drug-likeness (QED) is 0.344. The number of aryl methyl sites for hydroxylation is 1. The summed E-state index contributed by atoms with van der Waals surface area (Å²) in [7, 11) is 0. The zero-order valence-corrected chi connectivity index (χ0v) is 23.7. The molecule has 1 aromatic heterocycles. The smallest absolute Gasteiger partial charge is 0.248 e. The fraction of sp³-hybridized carbons (Fsp3) is 0.379. The Bertz CT molecular complexity index is 1390. The Kier molecular flexibility index (Phi) is 8.99. The van der Waals surface area contributed by atoms with E-state index in [0.717, 1.165) is 0 Å². The van der Waals surface area contributed by atoms with Gasteiger partial charge in [-0.2, -0.15) is 0 Å². The molecule has 4 rings (SSSR count). The molecule has 0 spiro atoms. The number of rotatable bonds is 10. The largest absolute Gasteiger partial charge is 0.486 e. The van der Waals surface area contributed by atoms with Gasteiger partial charge in [0.25, 0.3) is 0 Å². The maximum atomic E-state index is 14.0. The molecule has 1 aliphatic heterocycles. The Morgan fingerprint density at radius 1 is 1.05 bits per heavy atom. The zero-order valence-electron chi connectivity index (χ0n) is 23.0. The highest BCUT2D eigenvalue weighted by atomic mass is 35.5. The Morgan fingerprint density at radius 3 is 2.45 bits per heavy atom. The van der Waals surface area contributed by atoms with Crippen molar-refractivity contribution in [3.8, 4) is 11.5 Å². The number of halogens is 1. The average molecular weight is 569 g/mol. The monoisotopic (exact) mass is 568 g/mol. The Morgan fingerprint density at radius 2 is 1.77 bits per heavy atom. The summed E-state index contributed by atoms with van der Waals surface area (Å²) in [5.74, 6) is 0.495. The van der Waals surface area contributed by atoms with Gasteiger partial charge in [-0.25, -0.2) is 0 Å². The number of ether oxygens (including phenoxy) is 2. The molecule has 2 aromatic carbocycles. The molecular formula is C29H33ClN4O6. The maximum absolute atomic E-state index is 14.0. The second-order valence-electron chi connectivity index (χ2n) is 10.1. The van der Waals surface area contributed by atoms with Gasteiger partial charge in [-0.05, 0) is 45.4 Å². The number of hydrogen-bond acceptors (Lipinski definition) is 7. The molecule has 1 atom stereocenters. The summed E-state index contributed by atoms with van der Waals surface area (Å²) < 4.78 is 16.4. The molecule has 2 heterocycles. The molecule has 0 fully saturated rings. The third-order valence-corrected chi connectivity index (χ3v) is 6.93. The molecule has 212 valence electrons. The standard InChI is InChI=1S/C29H33ClN4O6/c1-5-29(3,4)32-28(37)27(20-8-6-7-9-21(20)30)34(19-10-11-22-23(17-19)39-15-14-38-22)26(36)13-12-25(35)31-24-16-18(2)40-33-24/h6-11,16-17,27H,5,12-15H2,1-4H3,(H,32,37)(H,31,33,35)/t27-/m1/s1. The number of carbonyl (C=O) groups excluding carboxylic acids is 3. The molecule has 0 aliphatic carbocycles. The van der Waals surface area contributed by atoms with Crippen LogP contribution < -0.4 is 25.0 Å². The van der Waals surface area contributed by atoms with Gasteiger partial charge in [0.05, 0.1) is 0 Å². The van der Waals surface area contributed by atoms with E-state index in [1.165, 1.54) is 4.90 Å². The van der Waals surface area contributed by atoms with Crippen LogP contribution in [0, 0.1) is 6.92 Å². The van der Waals surface area contributed by atoms with Gasteiger partial charge in [-0.3, -0.25) is 19.3 Å². The Hall–Kier alpha value is -4.05. The molecule has 1 aliphatic rings. The van der Waals surface area contributed by atoms with Gasteiger partial charge in [0.1, 0.15) is 25.0 Å². The first-order valence-electron chi connectivity index (χ1n) is 13.1. The van der Waals surface area contributed by atoms with Gasteiger partial charge in [0.15, 0.2) is 17.3 Å². The maximum Gasteiger partial charge on any atom is 0.248 e. The van der Waals surface area contributed by atoms with Crippen LogP contribution in [0.2, 0.25) is 5.02 Å². The molecule has 3 amide bonds. The number of nitrogens with zero attached hydrogens (tertiary/aromatic N) is 2. The summed E-state index contributed by atoms with van der Waals surface area (Å²) in [6, 6.07) is 12.4. The number of anilines is 2. The lowest BCUT2D eigenvalue weighted by Gasteiger charge is -2.35. The minimum Gasteiger partial charge on any atom is -0.486 e. The van der Waals surface area contributed by atoms with Gasteiger partial charge >= 0.3 is 0 Å². The van der Waals surface area contributed by atoms with Crippen LogP contribution in [0.15, 0.2) is 53.1 Å². The average Bonchev–Trinajstić information content (AvgIpc) is 3.34. The Labute approximate surface area is 237 Å². The van der Waals surface area contributed by atoms with Gasteiger partial charge in [-0.15, -0.1) is 0 Å². The summed E-state index contributed by atoms with van der Waals surface area (Å²) in [6.07, 6.45) is 0.319. The van der Waals surface area contributed by atoms with E-state index in [9.17, 15) is 14.4 Å². The van der Waals surface area contributed by atoms with Crippen LogP contribution in [0.1, 0.15) is 57.4 Å². The number of benzene rings is 2. The minimum atomic E-state index is -1.13. The highest BCUT2D eigenvalue weighted by Gasteiger charge is 2.36. The first-order chi connectivity index (χ1) is 19.1. The van der Waals surface area contributed by atoms with Crippen LogP contribution in [-0.4, -0.2) is 41.6 Å². The lowest BCUT2D eigenvalue weighted by atomic mass is 9.97. The number of fused-ring (bicyclic) bond motifs is 1. The number of carbonyl (C=O) groups is 3. The van der Waals surface area contributed by atoms with E-state index in [4.69, 9.17) is 25.6 Å². The highest BCUT2D eigenvalue weighted by molar-refractivity contribution is 6.31. The summed E-state index contributed by atoms with van der Waals surface area (Å²) in [5.41, 5.74) is 0.295. The van der Waals surface area contributed by atoms with Crippen molar-refractivity contribution in [3.05, 3.63) is 64.9 Å². The van der Waals surface area contributed by atoms with E-state index in [-0.39, 0.29) is 18.7 Å². The number of amides is 3. The van der Waals surface area contributed by atoms with Crippen LogP contribution in [0.5, 0.6) is 11.5 Å². The van der Waals surface area contributed by atoms with Crippen molar-refractivity contribution >= 4 is 40.8 Å². The van der Waals surface area contributed by atoms with E-state index in [1.807, 2.05) is 20.8 Å². The predicted octanol–water partition coefficient (Wildman–Crippen LogP) is 5.21. The molecule has 11 heteroatoms. The third kappa shape index (κ3) is 6.93. The van der Waals surface area contributed by atoms with E-state index >= 15 is 0 Å². The lowest BCUT2D eigenvalue weighted by Crippen LogP contribution is -2.50. The SMILES string of the molecule is CCC(C)(C)NC(=O)[C@@H](c1ccccc1Cl)N(C(=O)CCC(=O)Nc1cc(C)on1)c1ccc2c(c1)OCCO2. The van der Waals surface area contributed by atoms with Crippen molar-refractivity contribution in [2.45, 2.75) is 58.5 Å². The van der Waals surface area contributed by atoms with Crippen molar-refractivity contribution in [1.82, 2.24) is 10.5 Å². The van der Waals surface area contributed by atoms with E-state index in [1.54, 1.807) is 55.5 Å². The Balaban J connectivity index is 1.71. The molecule has 0 unspecified atom stereocenters.